The zero-order chi connectivity index (χ0) is 9.00. The zero-order valence-electron chi connectivity index (χ0n) is 5.13. The first-order chi connectivity index (χ1) is 4.00. The summed E-state index contributed by atoms with van der Waals surface area (Å²) >= 11 is 0. The van der Waals surface area contributed by atoms with Crippen molar-refractivity contribution in [2.45, 2.75) is 0 Å². The summed E-state index contributed by atoms with van der Waals surface area (Å²) in [6, 6.07) is 0. The Morgan fingerprint density at radius 1 is 0.818 bits per heavy atom. The quantitative estimate of drug-likeness (QED) is 0.323. The maximum atomic E-state index is 8.85. The Labute approximate surface area is 93.7 Å². The van der Waals surface area contributed by atoms with Crippen LogP contribution in [0.25, 0.3) is 0 Å². The molecule has 0 amide bonds. The van der Waals surface area contributed by atoms with Gasteiger partial charge in [0, 0.05) is 0 Å². The van der Waals surface area contributed by atoms with Gasteiger partial charge in [0.15, 0.2) is 20.6 Å². The molecule has 0 aromatic rings. The summed E-state index contributed by atoms with van der Waals surface area (Å²) in [7, 11) is -8.83. The second-order valence-corrected chi connectivity index (χ2v) is 2.96. The monoisotopic (exact) mass is 232 g/mol. The molecular formula is H4CaN2O6S2. The van der Waals surface area contributed by atoms with Crippen LogP contribution in [0.1, 0.15) is 0 Å². The van der Waals surface area contributed by atoms with Crippen molar-refractivity contribution in [3.8, 4) is 0 Å². The Bertz CT molecular complexity index is 215. The van der Waals surface area contributed by atoms with Crippen molar-refractivity contribution >= 4 is 58.3 Å². The van der Waals surface area contributed by atoms with E-state index in [0.717, 1.165) is 0 Å². The van der Waals surface area contributed by atoms with Gasteiger partial charge in [-0.3, -0.25) is 0 Å². The normalized spacial score (nSPS) is 10.5. The fourth-order valence-corrected chi connectivity index (χ4v) is 0. The van der Waals surface area contributed by atoms with Crippen LogP contribution in [0.5, 0.6) is 0 Å². The Morgan fingerprint density at radius 3 is 0.818 bits per heavy atom. The first-order valence-electron chi connectivity index (χ1n) is 1.47. The molecule has 0 bridgehead atoms. The van der Waals surface area contributed by atoms with Gasteiger partial charge in [0.1, 0.15) is 0 Å². The van der Waals surface area contributed by atoms with Crippen LogP contribution in [0.4, 0.5) is 0 Å². The molecule has 0 fully saturated rings. The van der Waals surface area contributed by atoms with Crippen LogP contribution in [0.3, 0.4) is 0 Å². The molecule has 11 heteroatoms. The van der Waals surface area contributed by atoms with E-state index in [2.05, 4.69) is 10.3 Å². The molecule has 8 nitrogen and oxygen atoms in total. The zero-order valence-corrected chi connectivity index (χ0v) is 8.97. The van der Waals surface area contributed by atoms with E-state index in [9.17, 15) is 0 Å². The standard InChI is InChI=1S/Ca.2H3NO3S/c;2*1-5(2,3)4/h;2*(H3,1,2,3,4)/q+2;;/p-2. The Kier molecular flexibility index (Phi) is 10.6. The molecule has 0 spiro atoms. The number of hydrogen-bond acceptors (Lipinski definition) is 6. The number of rotatable bonds is 0. The molecule has 0 atom stereocenters. The fraction of sp³-hybridized carbons (Fsp3) is 0. The van der Waals surface area contributed by atoms with Gasteiger partial charge in [-0.15, -0.1) is 0 Å². The first kappa shape index (κ1) is 17.9. The molecule has 0 rings (SSSR count). The smallest absolute Gasteiger partial charge is 0.736 e. The third kappa shape index (κ3) is 891. The van der Waals surface area contributed by atoms with Crippen molar-refractivity contribution in [3.63, 3.8) is 0 Å². The number of nitrogens with two attached hydrogens (primary N) is 2. The van der Waals surface area contributed by atoms with E-state index in [1.807, 2.05) is 0 Å². The van der Waals surface area contributed by atoms with Gasteiger partial charge in [0.05, 0.1) is 0 Å². The maximum Gasteiger partial charge on any atom is 2.00 e. The van der Waals surface area contributed by atoms with E-state index >= 15 is 0 Å². The summed E-state index contributed by atoms with van der Waals surface area (Å²) in [6.45, 7) is 0. The van der Waals surface area contributed by atoms with Crippen LogP contribution in [0.15, 0.2) is 0 Å². The number of hydrogen-bond donors (Lipinski definition) is 2. The molecule has 0 heterocycles. The minimum Gasteiger partial charge on any atom is -0.736 e. The van der Waals surface area contributed by atoms with Crippen LogP contribution in [-0.4, -0.2) is 63.7 Å². The van der Waals surface area contributed by atoms with Gasteiger partial charge in [0.2, 0.25) is 0 Å². The predicted molar refractivity (Wildman–Crippen MR) is 33.5 cm³/mol. The van der Waals surface area contributed by atoms with Gasteiger partial charge in [0.25, 0.3) is 0 Å². The molecular weight excluding hydrogens is 228 g/mol. The van der Waals surface area contributed by atoms with E-state index in [-0.39, 0.29) is 37.7 Å². The molecule has 4 N–H and O–H groups in total. The largest absolute Gasteiger partial charge is 2.00 e. The van der Waals surface area contributed by atoms with E-state index in [1.54, 1.807) is 0 Å². The molecule has 0 saturated carbocycles. The summed E-state index contributed by atoms with van der Waals surface area (Å²) < 4.78 is 53.1. The van der Waals surface area contributed by atoms with Gasteiger partial charge in [-0.25, -0.2) is 27.1 Å². The van der Waals surface area contributed by atoms with E-state index in [4.69, 9.17) is 25.9 Å². The summed E-state index contributed by atoms with van der Waals surface area (Å²) in [5, 5.41) is 7.54. The SMILES string of the molecule is NS(=O)(=O)[O-].NS(=O)(=O)[O-].[Ca+2]. The van der Waals surface area contributed by atoms with Crippen molar-refractivity contribution < 1.29 is 25.9 Å². The van der Waals surface area contributed by atoms with Crippen LogP contribution >= 0.6 is 0 Å². The summed E-state index contributed by atoms with van der Waals surface area (Å²) in [5.74, 6) is 0. The van der Waals surface area contributed by atoms with E-state index in [0.29, 0.717) is 0 Å². The Hall–Kier alpha value is 1.000. The summed E-state index contributed by atoms with van der Waals surface area (Å²) in [4.78, 5) is 0. The third-order valence-electron chi connectivity index (χ3n) is 0. The van der Waals surface area contributed by atoms with Crippen LogP contribution in [0, 0.1) is 0 Å². The molecule has 0 aromatic carbocycles. The molecule has 64 valence electrons. The summed E-state index contributed by atoms with van der Waals surface area (Å²) in [6.07, 6.45) is 0. The molecule has 0 aliphatic carbocycles. The van der Waals surface area contributed by atoms with Crippen molar-refractivity contribution in [3.05, 3.63) is 0 Å². The molecule has 0 aliphatic rings. The minimum absolute atomic E-state index is 0. The van der Waals surface area contributed by atoms with Crippen LogP contribution < -0.4 is 10.3 Å². The van der Waals surface area contributed by atoms with E-state index < -0.39 is 20.6 Å². The summed E-state index contributed by atoms with van der Waals surface area (Å²) in [5.41, 5.74) is 0. The first-order valence-corrected chi connectivity index (χ1v) is 4.41. The second kappa shape index (κ2) is 6.51. The average Bonchev–Trinajstić information content (AvgIpc) is 1.12. The average molecular weight is 232 g/mol. The molecule has 0 aliphatic heterocycles. The van der Waals surface area contributed by atoms with Gasteiger partial charge >= 0.3 is 37.7 Å². The second-order valence-electron chi connectivity index (χ2n) is 0.986. The van der Waals surface area contributed by atoms with Gasteiger partial charge in [-0.2, -0.15) is 0 Å². The molecule has 0 aromatic heterocycles. The van der Waals surface area contributed by atoms with Gasteiger partial charge < -0.3 is 9.11 Å². The van der Waals surface area contributed by atoms with Gasteiger partial charge in [-0.1, -0.05) is 0 Å². The maximum absolute atomic E-state index is 8.85. The van der Waals surface area contributed by atoms with Crippen LogP contribution in [-0.2, 0) is 20.6 Å². The van der Waals surface area contributed by atoms with Crippen molar-refractivity contribution in [1.29, 1.82) is 0 Å². The fourth-order valence-electron chi connectivity index (χ4n) is 0. The third-order valence-corrected chi connectivity index (χ3v) is 0. The topological polar surface area (TPSA) is 166 Å². The molecule has 0 saturated heterocycles. The van der Waals surface area contributed by atoms with Crippen molar-refractivity contribution in [2.24, 2.45) is 10.3 Å². The predicted octanol–water partition coefficient (Wildman–Crippen LogP) is -3.57. The van der Waals surface area contributed by atoms with Crippen molar-refractivity contribution in [2.75, 3.05) is 0 Å². The van der Waals surface area contributed by atoms with E-state index in [1.165, 1.54) is 0 Å². The van der Waals surface area contributed by atoms with Crippen molar-refractivity contribution in [1.82, 2.24) is 0 Å². The van der Waals surface area contributed by atoms with Crippen LogP contribution in [0.2, 0.25) is 0 Å². The Balaban J connectivity index is -0.000000107. The molecule has 11 heavy (non-hydrogen) atoms. The Morgan fingerprint density at radius 2 is 0.818 bits per heavy atom. The minimum atomic E-state index is -4.42. The molecule has 0 unspecified atom stereocenters. The molecule has 0 radical (unpaired) electrons. The van der Waals surface area contributed by atoms with Gasteiger partial charge in [-0.05, 0) is 0 Å².